The largest absolute Gasteiger partial charge is 0.386 e. The fourth-order valence-electron chi connectivity index (χ4n) is 0.705. The molecule has 0 fully saturated rings. The van der Waals surface area contributed by atoms with E-state index in [2.05, 4.69) is 6.92 Å². The van der Waals surface area contributed by atoms with Crippen LogP contribution >= 0.6 is 0 Å². The van der Waals surface area contributed by atoms with Crippen molar-refractivity contribution in [2.45, 2.75) is 32.3 Å². The Kier molecular flexibility index (Phi) is 3.55. The molecule has 0 aliphatic carbocycles. The van der Waals surface area contributed by atoms with Gasteiger partial charge in [-0.3, -0.25) is 0 Å². The summed E-state index contributed by atoms with van der Waals surface area (Å²) in [5.41, 5.74) is -0.609. The normalized spacial score (nSPS) is 12.9. The summed E-state index contributed by atoms with van der Waals surface area (Å²) in [5, 5.41) is 9.50. The van der Waals surface area contributed by atoms with Crippen LogP contribution in [0.4, 0.5) is 0 Å². The fourth-order valence-corrected chi connectivity index (χ4v) is 0.705. The first kappa shape index (κ1) is 8.70. The first-order chi connectivity index (χ1) is 4.18. The van der Waals surface area contributed by atoms with Crippen LogP contribution in [0, 0.1) is 6.92 Å². The van der Waals surface area contributed by atoms with Gasteiger partial charge in [0.25, 0.3) is 0 Å². The average Bonchev–Trinajstić information content (AvgIpc) is 1.89. The molecule has 0 heterocycles. The molecule has 0 atom stereocenters. The van der Waals surface area contributed by atoms with Crippen LogP contribution in [0.5, 0.6) is 0 Å². The third-order valence-corrected chi connectivity index (χ3v) is 1.65. The van der Waals surface area contributed by atoms with Gasteiger partial charge in [0.1, 0.15) is 0 Å². The molecule has 53 valence electrons. The van der Waals surface area contributed by atoms with Crippen LogP contribution in [0.1, 0.15) is 26.7 Å². The van der Waals surface area contributed by atoms with Crippen LogP contribution in [-0.4, -0.2) is 10.7 Å². The van der Waals surface area contributed by atoms with Gasteiger partial charge in [0.05, 0.1) is 5.60 Å². The SMILES string of the molecule is [CH2]/C=C/C(O)(CC)CC. The van der Waals surface area contributed by atoms with E-state index in [1.807, 2.05) is 13.8 Å². The first-order valence-electron chi connectivity index (χ1n) is 3.38. The Morgan fingerprint density at radius 2 is 1.89 bits per heavy atom. The molecule has 0 aliphatic heterocycles. The predicted molar refractivity (Wildman–Crippen MR) is 40.0 cm³/mol. The van der Waals surface area contributed by atoms with Crippen molar-refractivity contribution in [3.63, 3.8) is 0 Å². The zero-order valence-electron chi connectivity index (χ0n) is 6.22. The van der Waals surface area contributed by atoms with Gasteiger partial charge in [0.2, 0.25) is 0 Å². The van der Waals surface area contributed by atoms with Crippen molar-refractivity contribution in [3.8, 4) is 0 Å². The number of aliphatic hydroxyl groups is 1. The van der Waals surface area contributed by atoms with E-state index in [1.165, 1.54) is 0 Å². The van der Waals surface area contributed by atoms with Crippen LogP contribution in [0.25, 0.3) is 0 Å². The van der Waals surface area contributed by atoms with Gasteiger partial charge in [-0.15, -0.1) is 0 Å². The summed E-state index contributed by atoms with van der Waals surface area (Å²) in [6, 6.07) is 0. The van der Waals surface area contributed by atoms with Crippen molar-refractivity contribution in [1.29, 1.82) is 0 Å². The second-order valence-corrected chi connectivity index (χ2v) is 2.21. The Balaban J connectivity index is 3.92. The zero-order chi connectivity index (χ0) is 7.33. The van der Waals surface area contributed by atoms with E-state index in [4.69, 9.17) is 0 Å². The maximum Gasteiger partial charge on any atom is 0.0822 e. The third-order valence-electron chi connectivity index (χ3n) is 1.65. The highest BCUT2D eigenvalue weighted by Gasteiger charge is 2.16. The molecule has 1 N–H and O–H groups in total. The van der Waals surface area contributed by atoms with Gasteiger partial charge in [-0.05, 0) is 19.8 Å². The molecule has 1 nitrogen and oxygen atoms in total. The molecular weight excluding hydrogens is 112 g/mol. The van der Waals surface area contributed by atoms with Crippen molar-refractivity contribution in [2.75, 3.05) is 0 Å². The van der Waals surface area contributed by atoms with Crippen LogP contribution in [0.2, 0.25) is 0 Å². The van der Waals surface area contributed by atoms with E-state index in [0.29, 0.717) is 0 Å². The molecule has 0 saturated heterocycles. The summed E-state index contributed by atoms with van der Waals surface area (Å²) >= 11 is 0. The van der Waals surface area contributed by atoms with Gasteiger partial charge in [-0.1, -0.05) is 26.0 Å². The minimum absolute atomic E-state index is 0.609. The third kappa shape index (κ3) is 2.66. The van der Waals surface area contributed by atoms with Crippen molar-refractivity contribution in [3.05, 3.63) is 19.1 Å². The van der Waals surface area contributed by atoms with Gasteiger partial charge < -0.3 is 5.11 Å². The molecule has 0 unspecified atom stereocenters. The highest BCUT2D eigenvalue weighted by molar-refractivity contribution is 5.00. The molecule has 0 spiro atoms. The Morgan fingerprint density at radius 1 is 1.44 bits per heavy atom. The minimum Gasteiger partial charge on any atom is -0.386 e. The Morgan fingerprint density at radius 3 is 2.00 bits per heavy atom. The van der Waals surface area contributed by atoms with Crippen LogP contribution in [-0.2, 0) is 0 Å². The summed E-state index contributed by atoms with van der Waals surface area (Å²) in [5.74, 6) is 0. The molecule has 0 rings (SSSR count). The highest BCUT2D eigenvalue weighted by Crippen LogP contribution is 2.15. The summed E-state index contributed by atoms with van der Waals surface area (Å²) in [4.78, 5) is 0. The van der Waals surface area contributed by atoms with Crippen LogP contribution in [0.15, 0.2) is 12.2 Å². The van der Waals surface area contributed by atoms with Crippen molar-refractivity contribution >= 4 is 0 Å². The lowest BCUT2D eigenvalue weighted by Crippen LogP contribution is -2.22. The lowest BCUT2D eigenvalue weighted by atomic mass is 9.97. The summed E-state index contributed by atoms with van der Waals surface area (Å²) in [7, 11) is 0. The Hall–Kier alpha value is -0.300. The molecular formula is C8H15O. The average molecular weight is 127 g/mol. The second-order valence-electron chi connectivity index (χ2n) is 2.21. The number of hydrogen-bond donors (Lipinski definition) is 1. The van der Waals surface area contributed by atoms with Gasteiger partial charge >= 0.3 is 0 Å². The summed E-state index contributed by atoms with van der Waals surface area (Å²) in [6.07, 6.45) is 4.91. The van der Waals surface area contributed by atoms with Crippen molar-refractivity contribution in [1.82, 2.24) is 0 Å². The number of rotatable bonds is 3. The monoisotopic (exact) mass is 127 g/mol. The molecule has 1 heteroatoms. The lowest BCUT2D eigenvalue weighted by molar-refractivity contribution is 0.0828. The van der Waals surface area contributed by atoms with E-state index in [1.54, 1.807) is 12.2 Å². The molecule has 0 aromatic rings. The van der Waals surface area contributed by atoms with E-state index in [9.17, 15) is 5.11 Å². The van der Waals surface area contributed by atoms with Crippen molar-refractivity contribution in [2.24, 2.45) is 0 Å². The molecule has 0 aromatic carbocycles. The van der Waals surface area contributed by atoms with Crippen LogP contribution < -0.4 is 0 Å². The molecule has 0 aromatic heterocycles. The van der Waals surface area contributed by atoms with Gasteiger partial charge in [0.15, 0.2) is 0 Å². The molecule has 0 bridgehead atoms. The van der Waals surface area contributed by atoms with E-state index >= 15 is 0 Å². The van der Waals surface area contributed by atoms with E-state index < -0.39 is 5.60 Å². The predicted octanol–water partition coefficient (Wildman–Crippen LogP) is 1.93. The smallest absolute Gasteiger partial charge is 0.0822 e. The second kappa shape index (κ2) is 3.67. The maximum absolute atomic E-state index is 9.50. The van der Waals surface area contributed by atoms with Gasteiger partial charge in [-0.2, -0.15) is 0 Å². The van der Waals surface area contributed by atoms with E-state index in [-0.39, 0.29) is 0 Å². The quantitative estimate of drug-likeness (QED) is 0.614. The van der Waals surface area contributed by atoms with Gasteiger partial charge in [-0.25, -0.2) is 0 Å². The summed E-state index contributed by atoms with van der Waals surface area (Å²) < 4.78 is 0. The molecule has 0 amide bonds. The Bertz CT molecular complexity index is 90.7. The van der Waals surface area contributed by atoms with E-state index in [0.717, 1.165) is 12.8 Å². The topological polar surface area (TPSA) is 20.2 Å². The molecule has 0 aliphatic rings. The first-order valence-corrected chi connectivity index (χ1v) is 3.38. The number of allylic oxidation sites excluding steroid dienone is 1. The standard InChI is InChI=1S/C8H15O/c1-4-7-8(9,5-2)6-3/h4,7,9H,1,5-6H2,2-3H3/b7-4+. The minimum atomic E-state index is -0.609. The zero-order valence-corrected chi connectivity index (χ0v) is 6.22. The molecule has 0 saturated carbocycles. The lowest BCUT2D eigenvalue weighted by Gasteiger charge is -2.19. The van der Waals surface area contributed by atoms with Crippen LogP contribution in [0.3, 0.4) is 0 Å². The highest BCUT2D eigenvalue weighted by atomic mass is 16.3. The Labute approximate surface area is 57.4 Å². The van der Waals surface area contributed by atoms with Gasteiger partial charge in [0, 0.05) is 0 Å². The maximum atomic E-state index is 9.50. The van der Waals surface area contributed by atoms with Crippen molar-refractivity contribution < 1.29 is 5.11 Å². The number of hydrogen-bond acceptors (Lipinski definition) is 1. The fraction of sp³-hybridized carbons (Fsp3) is 0.625. The molecule has 1 radical (unpaired) electrons. The summed E-state index contributed by atoms with van der Waals surface area (Å²) in [6.45, 7) is 7.45. The molecule has 9 heavy (non-hydrogen) atoms.